The van der Waals surface area contributed by atoms with E-state index in [0.29, 0.717) is 12.4 Å². The van der Waals surface area contributed by atoms with Crippen molar-refractivity contribution in [1.82, 2.24) is 9.97 Å². The van der Waals surface area contributed by atoms with E-state index in [1.165, 1.54) is 11.8 Å². The summed E-state index contributed by atoms with van der Waals surface area (Å²) in [7, 11) is 0. The van der Waals surface area contributed by atoms with Crippen LogP contribution in [0.2, 0.25) is 0 Å². The standard InChI is InChI=1S/C12H15N3O2S/c1-2-17-11(16)8(13)7-18-12-14-9-5-3-4-6-10(9)15-12/h3-6,8H,2,7,13H2,1H3,(H,14,15). The molecule has 3 N–H and O–H groups in total. The zero-order chi connectivity index (χ0) is 13.0. The van der Waals surface area contributed by atoms with Crippen LogP contribution in [0, 0.1) is 0 Å². The lowest BCUT2D eigenvalue weighted by molar-refractivity contribution is -0.144. The van der Waals surface area contributed by atoms with Gasteiger partial charge in [0, 0.05) is 5.75 Å². The number of para-hydroxylation sites is 2. The number of nitrogens with zero attached hydrogens (tertiary/aromatic N) is 1. The predicted molar refractivity (Wildman–Crippen MR) is 71.4 cm³/mol. The summed E-state index contributed by atoms with van der Waals surface area (Å²) in [5.41, 5.74) is 7.59. The van der Waals surface area contributed by atoms with Crippen LogP contribution in [0.25, 0.3) is 11.0 Å². The van der Waals surface area contributed by atoms with Crippen LogP contribution in [0.15, 0.2) is 29.4 Å². The molecule has 1 atom stereocenters. The number of nitrogens with one attached hydrogen (secondary N) is 1. The summed E-state index contributed by atoms with van der Waals surface area (Å²) >= 11 is 1.42. The lowest BCUT2D eigenvalue weighted by Crippen LogP contribution is -2.34. The second kappa shape index (κ2) is 5.88. The van der Waals surface area contributed by atoms with Crippen molar-refractivity contribution < 1.29 is 9.53 Å². The van der Waals surface area contributed by atoms with Crippen LogP contribution in [0.4, 0.5) is 0 Å². The highest BCUT2D eigenvalue weighted by molar-refractivity contribution is 7.99. The van der Waals surface area contributed by atoms with Gasteiger partial charge in [-0.15, -0.1) is 0 Å². The van der Waals surface area contributed by atoms with Gasteiger partial charge in [0.25, 0.3) is 0 Å². The van der Waals surface area contributed by atoms with Gasteiger partial charge in [-0.2, -0.15) is 0 Å². The van der Waals surface area contributed by atoms with Crippen molar-refractivity contribution in [1.29, 1.82) is 0 Å². The molecule has 2 rings (SSSR count). The number of hydrogen-bond donors (Lipinski definition) is 2. The van der Waals surface area contributed by atoms with Crippen molar-refractivity contribution in [2.75, 3.05) is 12.4 Å². The predicted octanol–water partition coefficient (Wildman–Crippen LogP) is 1.55. The molecular formula is C12H15N3O2S. The molecule has 0 saturated carbocycles. The molecule has 1 aromatic heterocycles. The lowest BCUT2D eigenvalue weighted by Gasteiger charge is -2.08. The maximum absolute atomic E-state index is 11.3. The van der Waals surface area contributed by atoms with E-state index >= 15 is 0 Å². The molecule has 5 nitrogen and oxygen atoms in total. The van der Waals surface area contributed by atoms with Crippen molar-refractivity contribution in [3.8, 4) is 0 Å². The molecule has 1 unspecified atom stereocenters. The number of fused-ring (bicyclic) bond motifs is 1. The maximum Gasteiger partial charge on any atom is 0.323 e. The van der Waals surface area contributed by atoms with E-state index in [9.17, 15) is 4.79 Å². The number of thioether (sulfide) groups is 1. The van der Waals surface area contributed by atoms with E-state index in [1.54, 1.807) is 6.92 Å². The molecule has 0 aliphatic heterocycles. The highest BCUT2D eigenvalue weighted by atomic mass is 32.2. The summed E-state index contributed by atoms with van der Waals surface area (Å²) in [6, 6.07) is 7.14. The zero-order valence-corrected chi connectivity index (χ0v) is 10.9. The van der Waals surface area contributed by atoms with Gasteiger partial charge in [-0.3, -0.25) is 4.79 Å². The van der Waals surface area contributed by atoms with Gasteiger partial charge in [0.1, 0.15) is 6.04 Å². The van der Waals surface area contributed by atoms with Gasteiger partial charge in [0.15, 0.2) is 5.16 Å². The Morgan fingerprint density at radius 1 is 1.56 bits per heavy atom. The van der Waals surface area contributed by atoms with Crippen molar-refractivity contribution in [2.24, 2.45) is 5.73 Å². The summed E-state index contributed by atoms with van der Waals surface area (Å²) in [4.78, 5) is 18.9. The van der Waals surface area contributed by atoms with Gasteiger partial charge in [-0.05, 0) is 19.1 Å². The Morgan fingerprint density at radius 3 is 3.06 bits per heavy atom. The van der Waals surface area contributed by atoms with Crippen LogP contribution in [0.3, 0.4) is 0 Å². The summed E-state index contributed by atoms with van der Waals surface area (Å²) in [6.07, 6.45) is 0. The third kappa shape index (κ3) is 3.02. The molecule has 0 spiro atoms. The number of rotatable bonds is 5. The minimum absolute atomic E-state index is 0.349. The number of benzene rings is 1. The fourth-order valence-electron chi connectivity index (χ4n) is 1.48. The number of H-pyrrole nitrogens is 1. The molecular weight excluding hydrogens is 250 g/mol. The summed E-state index contributed by atoms with van der Waals surface area (Å²) in [5.74, 6) is 0.0691. The third-order valence-electron chi connectivity index (χ3n) is 2.36. The number of aromatic amines is 1. The number of aromatic nitrogens is 2. The Morgan fingerprint density at radius 2 is 2.33 bits per heavy atom. The van der Waals surface area contributed by atoms with Gasteiger partial charge in [0.05, 0.1) is 17.6 Å². The minimum atomic E-state index is -0.622. The molecule has 0 amide bonds. The number of esters is 1. The molecule has 1 heterocycles. The highest BCUT2D eigenvalue weighted by Gasteiger charge is 2.15. The number of ether oxygens (including phenoxy) is 1. The van der Waals surface area contributed by atoms with E-state index in [2.05, 4.69) is 9.97 Å². The molecule has 0 aliphatic rings. The van der Waals surface area contributed by atoms with Crippen LogP contribution in [-0.2, 0) is 9.53 Å². The number of hydrogen-bond acceptors (Lipinski definition) is 5. The molecule has 2 aromatic rings. The molecule has 0 radical (unpaired) electrons. The average molecular weight is 265 g/mol. The second-order valence-corrected chi connectivity index (χ2v) is 4.74. The number of imidazole rings is 1. The van der Waals surface area contributed by atoms with Crippen molar-refractivity contribution >= 4 is 28.8 Å². The van der Waals surface area contributed by atoms with Gasteiger partial charge < -0.3 is 15.5 Å². The van der Waals surface area contributed by atoms with Crippen LogP contribution in [0.5, 0.6) is 0 Å². The smallest absolute Gasteiger partial charge is 0.323 e. The van der Waals surface area contributed by atoms with Crippen LogP contribution < -0.4 is 5.73 Å². The van der Waals surface area contributed by atoms with E-state index in [0.717, 1.165) is 16.2 Å². The third-order valence-corrected chi connectivity index (χ3v) is 3.35. The van der Waals surface area contributed by atoms with Crippen molar-refractivity contribution in [2.45, 2.75) is 18.1 Å². The molecule has 6 heteroatoms. The Hall–Kier alpha value is -1.53. The normalized spacial score (nSPS) is 12.6. The van der Waals surface area contributed by atoms with Crippen molar-refractivity contribution in [3.05, 3.63) is 24.3 Å². The largest absolute Gasteiger partial charge is 0.465 e. The van der Waals surface area contributed by atoms with Gasteiger partial charge in [0.2, 0.25) is 0 Å². The first-order valence-corrected chi connectivity index (χ1v) is 6.69. The monoisotopic (exact) mass is 265 g/mol. The van der Waals surface area contributed by atoms with E-state index in [1.807, 2.05) is 24.3 Å². The molecule has 18 heavy (non-hydrogen) atoms. The first-order valence-electron chi connectivity index (χ1n) is 5.70. The molecule has 96 valence electrons. The SMILES string of the molecule is CCOC(=O)C(N)CSc1nc2ccccc2[nH]1. The molecule has 0 bridgehead atoms. The van der Waals surface area contributed by atoms with Crippen LogP contribution in [-0.4, -0.2) is 34.3 Å². The summed E-state index contributed by atoms with van der Waals surface area (Å²) < 4.78 is 4.84. The summed E-state index contributed by atoms with van der Waals surface area (Å²) in [6.45, 7) is 2.11. The topological polar surface area (TPSA) is 81.0 Å². The highest BCUT2D eigenvalue weighted by Crippen LogP contribution is 2.19. The van der Waals surface area contributed by atoms with Gasteiger partial charge in [-0.1, -0.05) is 23.9 Å². The van der Waals surface area contributed by atoms with Crippen LogP contribution in [0.1, 0.15) is 6.92 Å². The average Bonchev–Trinajstić information content (AvgIpc) is 2.78. The molecule has 0 aliphatic carbocycles. The number of carbonyl (C=O) groups is 1. The van der Waals surface area contributed by atoms with Gasteiger partial charge >= 0.3 is 5.97 Å². The fraction of sp³-hybridized carbons (Fsp3) is 0.333. The molecule has 1 aromatic carbocycles. The van der Waals surface area contributed by atoms with E-state index < -0.39 is 6.04 Å². The fourth-order valence-corrected chi connectivity index (χ4v) is 2.30. The Balaban J connectivity index is 1.95. The first-order chi connectivity index (χ1) is 8.70. The van der Waals surface area contributed by atoms with Crippen molar-refractivity contribution in [3.63, 3.8) is 0 Å². The van der Waals surface area contributed by atoms with Gasteiger partial charge in [-0.25, -0.2) is 4.98 Å². The summed E-state index contributed by atoms with van der Waals surface area (Å²) in [5, 5.41) is 0.760. The van der Waals surface area contributed by atoms with E-state index in [4.69, 9.17) is 10.5 Å². The zero-order valence-electron chi connectivity index (χ0n) is 10.1. The quantitative estimate of drug-likeness (QED) is 0.633. The minimum Gasteiger partial charge on any atom is -0.465 e. The second-order valence-electron chi connectivity index (χ2n) is 3.73. The van der Waals surface area contributed by atoms with Crippen LogP contribution >= 0.6 is 11.8 Å². The maximum atomic E-state index is 11.3. The molecule has 0 saturated heterocycles. The number of carbonyl (C=O) groups excluding carboxylic acids is 1. The molecule has 0 fully saturated rings. The Bertz CT molecular complexity index is 508. The Labute approximate surface area is 109 Å². The Kier molecular flexibility index (Phi) is 4.22. The lowest BCUT2D eigenvalue weighted by atomic mass is 10.3. The number of nitrogens with two attached hydrogens (primary N) is 1. The first kappa shape index (κ1) is 12.9. The van der Waals surface area contributed by atoms with E-state index in [-0.39, 0.29) is 5.97 Å².